The largest absolute Gasteiger partial charge is 0.465 e. The fourth-order valence-electron chi connectivity index (χ4n) is 2.86. The van der Waals surface area contributed by atoms with E-state index in [9.17, 15) is 9.59 Å². The third-order valence-electron chi connectivity index (χ3n) is 3.95. The van der Waals surface area contributed by atoms with Gasteiger partial charge in [-0.3, -0.25) is 4.79 Å². The summed E-state index contributed by atoms with van der Waals surface area (Å²) in [5.74, 6) is -0.766. The number of carbonyl (C=O) groups excluding carboxylic acids is 2. The van der Waals surface area contributed by atoms with Crippen molar-refractivity contribution >= 4 is 11.9 Å². The molecule has 1 aliphatic heterocycles. The first-order valence-corrected chi connectivity index (χ1v) is 9.29. The van der Waals surface area contributed by atoms with Gasteiger partial charge in [-0.2, -0.15) is 0 Å². The molecule has 1 fully saturated rings. The highest BCUT2D eigenvalue weighted by atomic mass is 16.6. The standard InChI is InChI=1S/C21H29NO5/c1-5-25-20(24)14-22-12-11-18(26-15-16-9-7-6-8-10-16)17(22)13-19(23)27-21(2,3)4/h6-10,13,18H,5,11-12,14-15H2,1-4H3/b17-13+. The molecule has 0 amide bonds. The highest BCUT2D eigenvalue weighted by Crippen LogP contribution is 2.26. The van der Waals surface area contributed by atoms with Gasteiger partial charge in [0.15, 0.2) is 0 Å². The van der Waals surface area contributed by atoms with E-state index in [1.54, 1.807) is 6.92 Å². The second kappa shape index (κ2) is 9.55. The first-order valence-electron chi connectivity index (χ1n) is 9.29. The van der Waals surface area contributed by atoms with Crippen LogP contribution < -0.4 is 0 Å². The Hall–Kier alpha value is -2.34. The SMILES string of the molecule is CCOC(=O)CN1CCC(OCc2ccccc2)/C1=C\C(=O)OC(C)(C)C. The number of rotatable bonds is 7. The number of hydrogen-bond acceptors (Lipinski definition) is 6. The van der Waals surface area contributed by atoms with Crippen LogP contribution in [0.2, 0.25) is 0 Å². The second-order valence-electron chi connectivity index (χ2n) is 7.40. The zero-order valence-corrected chi connectivity index (χ0v) is 16.6. The topological polar surface area (TPSA) is 65.1 Å². The molecule has 6 heteroatoms. The van der Waals surface area contributed by atoms with Crippen LogP contribution in [0.3, 0.4) is 0 Å². The Balaban J connectivity index is 2.11. The molecule has 1 heterocycles. The summed E-state index contributed by atoms with van der Waals surface area (Å²) in [6, 6.07) is 9.84. The van der Waals surface area contributed by atoms with Crippen LogP contribution in [0.5, 0.6) is 0 Å². The summed E-state index contributed by atoms with van der Waals surface area (Å²) in [7, 11) is 0. The van der Waals surface area contributed by atoms with Crippen molar-refractivity contribution in [3.63, 3.8) is 0 Å². The minimum atomic E-state index is -0.584. The summed E-state index contributed by atoms with van der Waals surface area (Å²) >= 11 is 0. The van der Waals surface area contributed by atoms with Gasteiger partial charge in [-0.25, -0.2) is 4.79 Å². The number of esters is 2. The van der Waals surface area contributed by atoms with Gasteiger partial charge in [0.1, 0.15) is 12.1 Å². The smallest absolute Gasteiger partial charge is 0.333 e. The molecule has 0 aromatic heterocycles. The number of likely N-dealkylation sites (tertiary alicyclic amines) is 1. The lowest BCUT2D eigenvalue weighted by Crippen LogP contribution is -2.30. The Morgan fingerprint density at radius 3 is 2.56 bits per heavy atom. The van der Waals surface area contributed by atoms with Gasteiger partial charge in [0, 0.05) is 12.6 Å². The van der Waals surface area contributed by atoms with Crippen LogP contribution in [0.1, 0.15) is 39.7 Å². The van der Waals surface area contributed by atoms with Gasteiger partial charge in [0.2, 0.25) is 0 Å². The van der Waals surface area contributed by atoms with Crippen molar-refractivity contribution in [3.05, 3.63) is 47.7 Å². The molecular formula is C21H29NO5. The molecule has 0 bridgehead atoms. The van der Waals surface area contributed by atoms with E-state index in [0.717, 1.165) is 5.56 Å². The van der Waals surface area contributed by atoms with E-state index in [0.29, 0.717) is 31.9 Å². The summed E-state index contributed by atoms with van der Waals surface area (Å²) in [6.07, 6.45) is 1.86. The molecular weight excluding hydrogens is 346 g/mol. The summed E-state index contributed by atoms with van der Waals surface area (Å²) in [6.45, 7) is 8.69. The number of carbonyl (C=O) groups is 2. The van der Waals surface area contributed by atoms with Gasteiger partial charge in [-0.1, -0.05) is 30.3 Å². The van der Waals surface area contributed by atoms with Crippen LogP contribution in [0.4, 0.5) is 0 Å². The lowest BCUT2D eigenvalue weighted by molar-refractivity contribution is -0.149. The molecule has 0 N–H and O–H groups in total. The molecule has 1 atom stereocenters. The van der Waals surface area contributed by atoms with Crippen LogP contribution in [-0.2, 0) is 30.4 Å². The molecule has 1 aromatic carbocycles. The summed E-state index contributed by atoms with van der Waals surface area (Å²) in [4.78, 5) is 26.0. The quantitative estimate of drug-likeness (QED) is 0.539. The van der Waals surface area contributed by atoms with E-state index in [4.69, 9.17) is 14.2 Å². The van der Waals surface area contributed by atoms with E-state index in [1.165, 1.54) is 6.08 Å². The Labute approximate surface area is 161 Å². The average molecular weight is 375 g/mol. The van der Waals surface area contributed by atoms with Gasteiger partial charge in [-0.05, 0) is 39.7 Å². The maximum absolute atomic E-state index is 12.3. The first kappa shape index (κ1) is 21.0. The number of ether oxygens (including phenoxy) is 3. The Morgan fingerprint density at radius 2 is 1.93 bits per heavy atom. The summed E-state index contributed by atoms with van der Waals surface area (Å²) in [5.41, 5.74) is 1.13. The molecule has 0 aliphatic carbocycles. The zero-order valence-electron chi connectivity index (χ0n) is 16.6. The molecule has 148 valence electrons. The minimum Gasteiger partial charge on any atom is -0.465 e. The lowest BCUT2D eigenvalue weighted by Gasteiger charge is -2.23. The molecule has 1 aromatic rings. The average Bonchev–Trinajstić information content (AvgIpc) is 2.94. The molecule has 27 heavy (non-hydrogen) atoms. The molecule has 0 saturated carbocycles. The van der Waals surface area contributed by atoms with E-state index in [2.05, 4.69) is 0 Å². The number of benzene rings is 1. The van der Waals surface area contributed by atoms with Crippen molar-refractivity contribution in [3.8, 4) is 0 Å². The van der Waals surface area contributed by atoms with Crippen LogP contribution in [0.15, 0.2) is 42.1 Å². The van der Waals surface area contributed by atoms with Crippen molar-refractivity contribution in [1.82, 2.24) is 4.90 Å². The Kier molecular flexibility index (Phi) is 7.42. The highest BCUT2D eigenvalue weighted by molar-refractivity contribution is 5.83. The lowest BCUT2D eigenvalue weighted by atomic mass is 10.2. The van der Waals surface area contributed by atoms with E-state index >= 15 is 0 Å². The summed E-state index contributed by atoms with van der Waals surface area (Å²) < 4.78 is 16.5. The van der Waals surface area contributed by atoms with Crippen LogP contribution >= 0.6 is 0 Å². The van der Waals surface area contributed by atoms with Crippen molar-refractivity contribution in [2.24, 2.45) is 0 Å². The molecule has 1 saturated heterocycles. The van der Waals surface area contributed by atoms with Gasteiger partial charge in [-0.15, -0.1) is 0 Å². The van der Waals surface area contributed by atoms with Crippen LogP contribution in [0, 0.1) is 0 Å². The van der Waals surface area contributed by atoms with E-state index in [-0.39, 0.29) is 18.6 Å². The normalized spacial score (nSPS) is 18.6. The Bertz CT molecular complexity index is 663. The summed E-state index contributed by atoms with van der Waals surface area (Å²) in [5, 5.41) is 0. The molecule has 1 unspecified atom stereocenters. The first-order chi connectivity index (χ1) is 12.8. The molecule has 0 radical (unpaired) electrons. The van der Waals surface area contributed by atoms with Crippen molar-refractivity contribution in [1.29, 1.82) is 0 Å². The molecule has 1 aliphatic rings. The highest BCUT2D eigenvalue weighted by Gasteiger charge is 2.31. The van der Waals surface area contributed by atoms with E-state index in [1.807, 2.05) is 56.0 Å². The maximum Gasteiger partial charge on any atom is 0.333 e. The predicted octanol–water partition coefficient (Wildman–Crippen LogP) is 3.07. The number of hydrogen-bond donors (Lipinski definition) is 0. The molecule has 0 spiro atoms. The zero-order chi connectivity index (χ0) is 19.9. The van der Waals surface area contributed by atoms with Gasteiger partial charge < -0.3 is 19.1 Å². The molecule has 2 rings (SSSR count). The number of nitrogens with zero attached hydrogens (tertiary/aromatic N) is 1. The van der Waals surface area contributed by atoms with Gasteiger partial charge in [0.25, 0.3) is 0 Å². The van der Waals surface area contributed by atoms with E-state index < -0.39 is 11.6 Å². The third kappa shape index (κ3) is 7.06. The second-order valence-corrected chi connectivity index (χ2v) is 7.40. The Morgan fingerprint density at radius 1 is 1.22 bits per heavy atom. The van der Waals surface area contributed by atoms with Crippen LogP contribution in [0.25, 0.3) is 0 Å². The van der Waals surface area contributed by atoms with Crippen molar-refractivity contribution < 1.29 is 23.8 Å². The van der Waals surface area contributed by atoms with Crippen LogP contribution in [-0.4, -0.2) is 48.2 Å². The van der Waals surface area contributed by atoms with Gasteiger partial charge in [0.05, 0.1) is 25.0 Å². The predicted molar refractivity (Wildman–Crippen MR) is 102 cm³/mol. The third-order valence-corrected chi connectivity index (χ3v) is 3.95. The van der Waals surface area contributed by atoms with Gasteiger partial charge >= 0.3 is 11.9 Å². The van der Waals surface area contributed by atoms with Crippen molar-refractivity contribution in [2.75, 3.05) is 19.7 Å². The fourth-order valence-corrected chi connectivity index (χ4v) is 2.86. The maximum atomic E-state index is 12.3. The fraction of sp³-hybridized carbons (Fsp3) is 0.524. The minimum absolute atomic E-state index is 0.0909. The van der Waals surface area contributed by atoms with Crippen molar-refractivity contribution in [2.45, 2.75) is 52.4 Å². The molecule has 6 nitrogen and oxygen atoms in total. The monoisotopic (exact) mass is 375 g/mol.